The maximum Gasteiger partial charge on any atom is 0.0730 e. The molecule has 122 valence electrons. The number of nitrogens with one attached hydrogen (secondary N) is 1. The largest absolute Gasteiger partial charge is 0.355 e. The standard InChI is InChI=1S/C22H18N2S/c1-25-18-11-7-10-17(14-18)23-22-15-21(16-8-3-2-4-9-16)24-20-13-6-5-12-19(20)22/h2-15H,1H3,(H,23,24). The highest BCUT2D eigenvalue weighted by Gasteiger charge is 2.08. The van der Waals surface area contributed by atoms with Crippen molar-refractivity contribution in [3.8, 4) is 11.3 Å². The van der Waals surface area contributed by atoms with Gasteiger partial charge in [-0.2, -0.15) is 0 Å². The predicted molar refractivity (Wildman–Crippen MR) is 109 cm³/mol. The first-order valence-electron chi connectivity index (χ1n) is 8.20. The van der Waals surface area contributed by atoms with Crippen LogP contribution in [0.3, 0.4) is 0 Å². The van der Waals surface area contributed by atoms with Gasteiger partial charge in [0.25, 0.3) is 0 Å². The molecule has 0 spiro atoms. The molecule has 4 aromatic rings. The summed E-state index contributed by atoms with van der Waals surface area (Å²) in [7, 11) is 0. The number of para-hydroxylation sites is 1. The van der Waals surface area contributed by atoms with Gasteiger partial charge >= 0.3 is 0 Å². The molecule has 0 saturated heterocycles. The Labute approximate surface area is 151 Å². The lowest BCUT2D eigenvalue weighted by Crippen LogP contribution is -1.95. The van der Waals surface area contributed by atoms with E-state index in [0.717, 1.165) is 33.5 Å². The molecule has 0 fully saturated rings. The molecule has 1 heterocycles. The first-order chi connectivity index (χ1) is 12.3. The number of thioether (sulfide) groups is 1. The number of hydrogen-bond donors (Lipinski definition) is 1. The summed E-state index contributed by atoms with van der Waals surface area (Å²) in [5.74, 6) is 0. The van der Waals surface area contributed by atoms with Crippen molar-refractivity contribution >= 4 is 34.0 Å². The van der Waals surface area contributed by atoms with Crippen molar-refractivity contribution in [2.75, 3.05) is 11.6 Å². The van der Waals surface area contributed by atoms with Crippen molar-refractivity contribution < 1.29 is 0 Å². The molecule has 1 N–H and O–H groups in total. The van der Waals surface area contributed by atoms with E-state index in [2.05, 4.69) is 72.2 Å². The molecule has 0 radical (unpaired) electrons. The summed E-state index contributed by atoms with van der Waals surface area (Å²) in [6.45, 7) is 0. The topological polar surface area (TPSA) is 24.9 Å². The zero-order valence-electron chi connectivity index (χ0n) is 13.9. The summed E-state index contributed by atoms with van der Waals surface area (Å²) >= 11 is 1.74. The summed E-state index contributed by atoms with van der Waals surface area (Å²) in [5, 5.41) is 4.70. The van der Waals surface area contributed by atoms with Gasteiger partial charge in [-0.25, -0.2) is 4.98 Å². The quantitative estimate of drug-likeness (QED) is 0.436. The molecular formula is C22H18N2S. The molecule has 0 unspecified atom stereocenters. The van der Waals surface area contributed by atoms with Gasteiger partial charge < -0.3 is 5.32 Å². The zero-order chi connectivity index (χ0) is 17.1. The van der Waals surface area contributed by atoms with Gasteiger partial charge in [0.05, 0.1) is 16.9 Å². The van der Waals surface area contributed by atoms with Crippen molar-refractivity contribution in [1.82, 2.24) is 4.98 Å². The van der Waals surface area contributed by atoms with Gasteiger partial charge in [0, 0.05) is 21.5 Å². The minimum absolute atomic E-state index is 0.975. The number of nitrogens with zero attached hydrogens (tertiary/aromatic N) is 1. The molecule has 0 saturated carbocycles. The molecule has 0 atom stereocenters. The van der Waals surface area contributed by atoms with Crippen LogP contribution in [0.25, 0.3) is 22.2 Å². The molecule has 0 aliphatic heterocycles. The maximum atomic E-state index is 4.84. The van der Waals surface area contributed by atoms with Crippen molar-refractivity contribution in [3.63, 3.8) is 0 Å². The number of pyridine rings is 1. The Morgan fingerprint density at radius 3 is 2.44 bits per heavy atom. The molecule has 0 aliphatic carbocycles. The highest BCUT2D eigenvalue weighted by Crippen LogP contribution is 2.31. The van der Waals surface area contributed by atoms with Crippen LogP contribution in [0.5, 0.6) is 0 Å². The van der Waals surface area contributed by atoms with E-state index < -0.39 is 0 Å². The Hall–Kier alpha value is -2.78. The smallest absolute Gasteiger partial charge is 0.0730 e. The van der Waals surface area contributed by atoms with Gasteiger partial charge in [0.2, 0.25) is 0 Å². The fraction of sp³-hybridized carbons (Fsp3) is 0.0455. The lowest BCUT2D eigenvalue weighted by molar-refractivity contribution is 1.38. The van der Waals surface area contributed by atoms with Gasteiger partial charge in [-0.3, -0.25) is 0 Å². The maximum absolute atomic E-state index is 4.84. The van der Waals surface area contributed by atoms with E-state index in [-0.39, 0.29) is 0 Å². The van der Waals surface area contributed by atoms with E-state index in [1.54, 1.807) is 11.8 Å². The van der Waals surface area contributed by atoms with Crippen LogP contribution in [0, 0.1) is 0 Å². The second kappa shape index (κ2) is 6.99. The predicted octanol–water partition coefficient (Wildman–Crippen LogP) is 6.37. The van der Waals surface area contributed by atoms with Gasteiger partial charge in [-0.05, 0) is 36.6 Å². The van der Waals surface area contributed by atoms with Crippen LogP contribution < -0.4 is 5.32 Å². The number of rotatable bonds is 4. The van der Waals surface area contributed by atoms with Crippen LogP contribution in [0.1, 0.15) is 0 Å². The molecule has 3 aromatic carbocycles. The molecule has 0 bridgehead atoms. The van der Waals surface area contributed by atoms with Gasteiger partial charge in [0.15, 0.2) is 0 Å². The zero-order valence-corrected chi connectivity index (χ0v) is 14.8. The van der Waals surface area contributed by atoms with Gasteiger partial charge in [-0.15, -0.1) is 11.8 Å². The molecule has 25 heavy (non-hydrogen) atoms. The van der Waals surface area contributed by atoms with Gasteiger partial charge in [0.1, 0.15) is 0 Å². The minimum atomic E-state index is 0.975. The first kappa shape index (κ1) is 15.7. The molecule has 4 rings (SSSR count). The highest BCUT2D eigenvalue weighted by atomic mass is 32.2. The second-order valence-corrected chi connectivity index (χ2v) is 6.67. The van der Waals surface area contributed by atoms with Crippen molar-refractivity contribution in [3.05, 3.63) is 84.9 Å². The Morgan fingerprint density at radius 1 is 0.800 bits per heavy atom. The number of hydrogen-bond acceptors (Lipinski definition) is 3. The summed E-state index contributed by atoms with van der Waals surface area (Å²) in [4.78, 5) is 6.08. The number of benzene rings is 3. The Morgan fingerprint density at radius 2 is 1.60 bits per heavy atom. The fourth-order valence-corrected chi connectivity index (χ4v) is 3.35. The number of anilines is 2. The summed E-state index contributed by atoms with van der Waals surface area (Å²) < 4.78 is 0. The second-order valence-electron chi connectivity index (χ2n) is 5.80. The molecule has 1 aromatic heterocycles. The third-order valence-corrected chi connectivity index (χ3v) is 4.86. The molecule has 3 heteroatoms. The molecular weight excluding hydrogens is 324 g/mol. The Bertz CT molecular complexity index is 1010. The molecule has 0 amide bonds. The summed E-state index contributed by atoms with van der Waals surface area (Å²) in [5.41, 5.74) is 5.24. The molecule has 2 nitrogen and oxygen atoms in total. The third kappa shape index (κ3) is 3.37. The fourth-order valence-electron chi connectivity index (χ4n) is 2.89. The van der Waals surface area contributed by atoms with E-state index >= 15 is 0 Å². The van der Waals surface area contributed by atoms with Crippen molar-refractivity contribution in [2.45, 2.75) is 4.90 Å². The van der Waals surface area contributed by atoms with E-state index in [1.165, 1.54) is 4.90 Å². The third-order valence-electron chi connectivity index (χ3n) is 4.13. The first-order valence-corrected chi connectivity index (χ1v) is 9.42. The van der Waals surface area contributed by atoms with Crippen LogP contribution in [-0.2, 0) is 0 Å². The Kier molecular flexibility index (Phi) is 4.40. The van der Waals surface area contributed by atoms with Crippen LogP contribution in [-0.4, -0.2) is 11.2 Å². The van der Waals surface area contributed by atoms with Crippen LogP contribution in [0.4, 0.5) is 11.4 Å². The average Bonchev–Trinajstić information content (AvgIpc) is 2.69. The van der Waals surface area contributed by atoms with Crippen LogP contribution in [0.15, 0.2) is 89.8 Å². The molecule has 0 aliphatic rings. The summed E-state index contributed by atoms with van der Waals surface area (Å²) in [6, 6.07) is 29.1. The Balaban J connectivity index is 1.83. The van der Waals surface area contributed by atoms with E-state index in [0.29, 0.717) is 0 Å². The summed E-state index contributed by atoms with van der Waals surface area (Å²) in [6.07, 6.45) is 2.09. The van der Waals surface area contributed by atoms with Crippen LogP contribution >= 0.6 is 11.8 Å². The van der Waals surface area contributed by atoms with E-state index in [4.69, 9.17) is 4.98 Å². The number of aromatic nitrogens is 1. The SMILES string of the molecule is CSc1cccc(Nc2cc(-c3ccccc3)nc3ccccc23)c1. The number of fused-ring (bicyclic) bond motifs is 1. The van der Waals surface area contributed by atoms with Gasteiger partial charge in [-0.1, -0.05) is 54.6 Å². The van der Waals surface area contributed by atoms with Crippen LogP contribution in [0.2, 0.25) is 0 Å². The normalized spacial score (nSPS) is 10.8. The van der Waals surface area contributed by atoms with Crippen molar-refractivity contribution in [2.24, 2.45) is 0 Å². The van der Waals surface area contributed by atoms with E-state index in [9.17, 15) is 0 Å². The van der Waals surface area contributed by atoms with Crippen molar-refractivity contribution in [1.29, 1.82) is 0 Å². The lowest BCUT2D eigenvalue weighted by Gasteiger charge is -2.13. The minimum Gasteiger partial charge on any atom is -0.355 e. The average molecular weight is 342 g/mol. The van der Waals surface area contributed by atoms with E-state index in [1.807, 2.05) is 24.3 Å². The highest BCUT2D eigenvalue weighted by molar-refractivity contribution is 7.98. The lowest BCUT2D eigenvalue weighted by atomic mass is 10.1. The monoisotopic (exact) mass is 342 g/mol.